The van der Waals surface area contributed by atoms with Gasteiger partial charge >= 0.3 is 5.97 Å². The molecule has 35 heavy (non-hydrogen) atoms. The number of guanidine groups is 1. The number of aliphatic carboxylic acids is 1. The molecule has 1 aromatic carbocycles. The molecule has 0 saturated carbocycles. The van der Waals surface area contributed by atoms with Gasteiger partial charge in [0.1, 0.15) is 18.5 Å². The summed E-state index contributed by atoms with van der Waals surface area (Å²) in [5, 5.41) is 19.4. The third-order valence-electron chi connectivity index (χ3n) is 5.14. The summed E-state index contributed by atoms with van der Waals surface area (Å²) in [6.45, 7) is 0.250. The number of carboxylic acids is 1. The van der Waals surface area contributed by atoms with Gasteiger partial charge in [-0.3, -0.25) is 29.0 Å². The third-order valence-corrected chi connectivity index (χ3v) is 5.14. The summed E-state index contributed by atoms with van der Waals surface area (Å²) in [7, 11) is 0. The normalized spacial score (nSPS) is 21.7. The molecular weight excluding hydrogens is 458 g/mol. The lowest BCUT2D eigenvalue weighted by Gasteiger charge is -2.24. The standard InChI is InChI=1S/C22H31N7O6/c23-22(24)25-8-4-7-15-20(34)26-12-14(9-13-5-2-1-3-6-13)27-21(35)16(10-19(32)33)29-18(31)11-17(30)28-15/h1-3,5-6,14-16H,4,7-12H2,(H,26,34)(H,27,35)(H,28,30)(H,29,31)(H,32,33)(H4,23,24,25)/t14-,15-,16-/m1/s1. The minimum atomic E-state index is -1.39. The van der Waals surface area contributed by atoms with E-state index in [1.54, 1.807) is 0 Å². The average molecular weight is 490 g/mol. The fourth-order valence-corrected chi connectivity index (χ4v) is 3.51. The fourth-order valence-electron chi connectivity index (χ4n) is 3.51. The van der Waals surface area contributed by atoms with Crippen molar-refractivity contribution in [3.8, 4) is 0 Å². The van der Waals surface area contributed by atoms with Gasteiger partial charge in [-0.05, 0) is 24.8 Å². The van der Waals surface area contributed by atoms with Crippen LogP contribution in [-0.4, -0.2) is 71.9 Å². The van der Waals surface area contributed by atoms with E-state index in [1.807, 2.05) is 30.3 Å². The maximum atomic E-state index is 12.9. The second-order valence-electron chi connectivity index (χ2n) is 8.10. The molecule has 1 aliphatic rings. The molecule has 4 amide bonds. The van der Waals surface area contributed by atoms with Crippen molar-refractivity contribution in [1.29, 1.82) is 0 Å². The van der Waals surface area contributed by atoms with Crippen molar-refractivity contribution < 1.29 is 29.1 Å². The van der Waals surface area contributed by atoms with E-state index < -0.39 is 60.6 Å². The molecule has 190 valence electrons. The van der Waals surface area contributed by atoms with Crippen molar-refractivity contribution >= 4 is 35.6 Å². The van der Waals surface area contributed by atoms with Crippen molar-refractivity contribution in [2.45, 2.75) is 50.2 Å². The van der Waals surface area contributed by atoms with Crippen LogP contribution < -0.4 is 32.7 Å². The van der Waals surface area contributed by atoms with E-state index in [0.717, 1.165) is 5.56 Å². The average Bonchev–Trinajstić information content (AvgIpc) is 2.78. The van der Waals surface area contributed by atoms with Crippen LogP contribution in [0.4, 0.5) is 0 Å². The molecular formula is C22H31N7O6. The maximum Gasteiger partial charge on any atom is 0.305 e. The van der Waals surface area contributed by atoms with Crippen LogP contribution >= 0.6 is 0 Å². The molecule has 13 heteroatoms. The number of rotatable bonds is 8. The molecule has 9 N–H and O–H groups in total. The van der Waals surface area contributed by atoms with Gasteiger partial charge in [0.05, 0.1) is 12.5 Å². The van der Waals surface area contributed by atoms with Gasteiger partial charge in [0.15, 0.2) is 5.96 Å². The predicted molar refractivity (Wildman–Crippen MR) is 126 cm³/mol. The number of benzene rings is 1. The predicted octanol–water partition coefficient (Wildman–Crippen LogP) is -2.27. The summed E-state index contributed by atoms with van der Waals surface area (Å²) in [4.78, 5) is 65.5. The van der Waals surface area contributed by atoms with Crippen molar-refractivity contribution in [3.05, 3.63) is 35.9 Å². The van der Waals surface area contributed by atoms with Crippen LogP contribution in [0.15, 0.2) is 35.3 Å². The number of amides is 4. The first-order valence-corrected chi connectivity index (χ1v) is 11.1. The molecule has 1 heterocycles. The molecule has 3 atom stereocenters. The molecule has 0 spiro atoms. The highest BCUT2D eigenvalue weighted by Gasteiger charge is 2.29. The zero-order valence-corrected chi connectivity index (χ0v) is 19.2. The highest BCUT2D eigenvalue weighted by molar-refractivity contribution is 6.01. The van der Waals surface area contributed by atoms with Crippen LogP contribution in [0.3, 0.4) is 0 Å². The van der Waals surface area contributed by atoms with Crippen LogP contribution in [0, 0.1) is 0 Å². The summed E-state index contributed by atoms with van der Waals surface area (Å²) >= 11 is 0. The highest BCUT2D eigenvalue weighted by Crippen LogP contribution is 2.06. The van der Waals surface area contributed by atoms with Gasteiger partial charge in [0, 0.05) is 13.1 Å². The number of hydrogen-bond donors (Lipinski definition) is 7. The number of nitrogens with one attached hydrogen (secondary N) is 4. The number of carbonyl (C=O) groups excluding carboxylic acids is 4. The van der Waals surface area contributed by atoms with E-state index in [9.17, 15) is 29.1 Å². The van der Waals surface area contributed by atoms with E-state index >= 15 is 0 Å². The Morgan fingerprint density at radius 2 is 1.63 bits per heavy atom. The number of aliphatic imine (C=N–C) groups is 1. The van der Waals surface area contributed by atoms with Gasteiger partial charge in [-0.25, -0.2) is 0 Å². The van der Waals surface area contributed by atoms with E-state index in [0.29, 0.717) is 12.8 Å². The summed E-state index contributed by atoms with van der Waals surface area (Å²) in [6.07, 6.45) is -0.436. The van der Waals surface area contributed by atoms with Gasteiger partial charge in [-0.15, -0.1) is 0 Å². The quantitative estimate of drug-likeness (QED) is 0.0911. The van der Waals surface area contributed by atoms with E-state index in [2.05, 4.69) is 26.3 Å². The Labute approximate surface area is 202 Å². The number of nitrogens with zero attached hydrogens (tertiary/aromatic N) is 1. The van der Waals surface area contributed by atoms with Crippen LogP contribution in [-0.2, 0) is 30.4 Å². The number of nitrogens with two attached hydrogens (primary N) is 2. The Kier molecular flexibility index (Phi) is 10.5. The molecule has 0 bridgehead atoms. The summed E-state index contributed by atoms with van der Waals surface area (Å²) in [5.74, 6) is -4.23. The van der Waals surface area contributed by atoms with Gasteiger partial charge < -0.3 is 37.8 Å². The van der Waals surface area contributed by atoms with Crippen molar-refractivity contribution in [2.24, 2.45) is 16.5 Å². The SMILES string of the molecule is NC(N)=NCCC[C@H]1NC(=O)CC(=O)N[C@H](CC(=O)O)C(=O)N[C@H](Cc2ccccc2)CNC1=O. The Balaban J connectivity index is 2.24. The lowest BCUT2D eigenvalue weighted by atomic mass is 10.0. The Morgan fingerprint density at radius 3 is 2.26 bits per heavy atom. The maximum absolute atomic E-state index is 12.9. The minimum Gasteiger partial charge on any atom is -0.481 e. The first-order chi connectivity index (χ1) is 16.6. The monoisotopic (exact) mass is 489 g/mol. The lowest BCUT2D eigenvalue weighted by Crippen LogP contribution is -2.54. The second-order valence-corrected chi connectivity index (χ2v) is 8.10. The van der Waals surface area contributed by atoms with E-state index in [-0.39, 0.29) is 25.5 Å². The van der Waals surface area contributed by atoms with Crippen molar-refractivity contribution in [3.63, 3.8) is 0 Å². The zero-order chi connectivity index (χ0) is 25.8. The Bertz CT molecular complexity index is 949. The molecule has 0 unspecified atom stereocenters. The Morgan fingerprint density at radius 1 is 0.971 bits per heavy atom. The van der Waals surface area contributed by atoms with Crippen molar-refractivity contribution in [2.75, 3.05) is 13.1 Å². The molecule has 1 aromatic rings. The van der Waals surface area contributed by atoms with Crippen molar-refractivity contribution in [1.82, 2.24) is 21.3 Å². The lowest BCUT2D eigenvalue weighted by molar-refractivity contribution is -0.141. The molecule has 1 aliphatic heterocycles. The summed E-state index contributed by atoms with van der Waals surface area (Å²) in [5.41, 5.74) is 11.5. The topological polar surface area (TPSA) is 218 Å². The molecule has 0 aliphatic carbocycles. The van der Waals surface area contributed by atoms with Crippen LogP contribution in [0.2, 0.25) is 0 Å². The molecule has 2 rings (SSSR count). The largest absolute Gasteiger partial charge is 0.481 e. The first-order valence-electron chi connectivity index (χ1n) is 11.1. The summed E-state index contributed by atoms with van der Waals surface area (Å²) in [6, 6.07) is 6.21. The molecule has 0 radical (unpaired) electrons. The smallest absolute Gasteiger partial charge is 0.305 e. The molecule has 1 saturated heterocycles. The minimum absolute atomic E-state index is 0.00742. The number of hydrogen-bond acceptors (Lipinski definition) is 6. The van der Waals surface area contributed by atoms with Gasteiger partial charge in [0.2, 0.25) is 23.6 Å². The number of carbonyl (C=O) groups is 5. The van der Waals surface area contributed by atoms with E-state index in [4.69, 9.17) is 11.5 Å². The van der Waals surface area contributed by atoms with Crippen LogP contribution in [0.25, 0.3) is 0 Å². The van der Waals surface area contributed by atoms with Crippen LogP contribution in [0.5, 0.6) is 0 Å². The summed E-state index contributed by atoms with van der Waals surface area (Å²) < 4.78 is 0. The van der Waals surface area contributed by atoms with Gasteiger partial charge in [-0.1, -0.05) is 30.3 Å². The van der Waals surface area contributed by atoms with Gasteiger partial charge in [0.25, 0.3) is 0 Å². The van der Waals surface area contributed by atoms with Gasteiger partial charge in [-0.2, -0.15) is 0 Å². The molecule has 13 nitrogen and oxygen atoms in total. The molecule has 0 aromatic heterocycles. The Hall–Kier alpha value is -4.16. The third kappa shape index (κ3) is 10.1. The second kappa shape index (κ2) is 13.5. The fraction of sp³-hybridized carbons (Fsp3) is 0.455. The highest BCUT2D eigenvalue weighted by atomic mass is 16.4. The zero-order valence-electron chi connectivity index (χ0n) is 19.2. The first kappa shape index (κ1) is 27.1. The number of carboxylic acid groups (broad SMARTS) is 1. The van der Waals surface area contributed by atoms with E-state index in [1.165, 1.54) is 0 Å². The van der Waals surface area contributed by atoms with Crippen LogP contribution in [0.1, 0.15) is 31.2 Å². The molecule has 1 fully saturated rings.